The lowest BCUT2D eigenvalue weighted by Gasteiger charge is -2.59. The van der Waals surface area contributed by atoms with Gasteiger partial charge in [-0.05, 0) is 56.7 Å². The molecule has 1 heteroatoms. The fraction of sp³-hybridized carbons (Fsp3) is 0.714. The van der Waals surface area contributed by atoms with Gasteiger partial charge in [-0.25, -0.2) is 0 Å². The van der Waals surface area contributed by atoms with E-state index < -0.39 is 0 Å². The van der Waals surface area contributed by atoms with E-state index in [0.29, 0.717) is 5.41 Å². The third-order valence-corrected chi connectivity index (χ3v) is 6.52. The van der Waals surface area contributed by atoms with Crippen LogP contribution in [0.25, 0.3) is 0 Å². The van der Waals surface area contributed by atoms with Crippen LogP contribution in [0.1, 0.15) is 58.6 Å². The molecule has 1 heterocycles. The fourth-order valence-corrected chi connectivity index (χ4v) is 5.18. The minimum atomic E-state index is 0.412. The first kappa shape index (κ1) is 17.5. The first-order valence-corrected chi connectivity index (χ1v) is 9.23. The van der Waals surface area contributed by atoms with Gasteiger partial charge in [0.15, 0.2) is 0 Å². The van der Waals surface area contributed by atoms with Crippen molar-refractivity contribution in [3.8, 4) is 0 Å². The summed E-state index contributed by atoms with van der Waals surface area (Å²) in [5.74, 6) is 2.39. The van der Waals surface area contributed by atoms with E-state index in [2.05, 4.69) is 63.9 Å². The minimum Gasteiger partial charge on any atom is -0.303 e. The molecular weight excluding hydrogens is 266 g/mol. The van der Waals surface area contributed by atoms with Crippen LogP contribution in [0, 0.1) is 24.7 Å². The Morgan fingerprint density at radius 3 is 2.45 bits per heavy atom. The summed E-state index contributed by atoms with van der Waals surface area (Å²) in [6, 6.07) is 10.1. The van der Waals surface area contributed by atoms with Crippen molar-refractivity contribution in [2.24, 2.45) is 17.8 Å². The Bertz CT molecular complexity index is 494. The molecule has 0 amide bonds. The predicted molar refractivity (Wildman–Crippen MR) is 97.3 cm³/mol. The number of likely N-dealkylation sites (tertiary alicyclic amines) is 1. The van der Waals surface area contributed by atoms with Gasteiger partial charge < -0.3 is 4.90 Å². The van der Waals surface area contributed by atoms with Gasteiger partial charge >= 0.3 is 0 Å². The number of aryl methyl sites for hydroxylation is 1. The number of rotatable bonds is 1. The molecule has 22 heavy (non-hydrogen) atoms. The molecule has 3 rings (SSSR count). The zero-order valence-electron chi connectivity index (χ0n) is 15.7. The summed E-state index contributed by atoms with van der Waals surface area (Å²) in [5, 5.41) is 0. The molecule has 0 spiro atoms. The Hall–Kier alpha value is -0.820. The van der Waals surface area contributed by atoms with Gasteiger partial charge in [0, 0.05) is 11.5 Å². The van der Waals surface area contributed by atoms with E-state index in [4.69, 9.17) is 0 Å². The van der Waals surface area contributed by atoms with Crippen molar-refractivity contribution < 1.29 is 0 Å². The number of nitrogens with zero attached hydrogens (tertiary/aromatic N) is 1. The number of piperidine rings is 1. The first-order chi connectivity index (χ1) is 10.5. The summed E-state index contributed by atoms with van der Waals surface area (Å²) >= 11 is 0. The van der Waals surface area contributed by atoms with Crippen LogP contribution < -0.4 is 0 Å². The molecule has 1 aliphatic heterocycles. The minimum absolute atomic E-state index is 0.412. The molecule has 2 aliphatic rings. The van der Waals surface area contributed by atoms with Gasteiger partial charge in [0.2, 0.25) is 0 Å². The van der Waals surface area contributed by atoms with E-state index in [0.717, 1.165) is 23.8 Å². The Labute approximate surface area is 138 Å². The van der Waals surface area contributed by atoms with Crippen molar-refractivity contribution >= 4 is 0 Å². The molecule has 0 aromatic heterocycles. The lowest BCUT2D eigenvalue weighted by molar-refractivity contribution is -0.0458. The number of fused-ring (bicyclic) bond motifs is 2. The van der Waals surface area contributed by atoms with Crippen LogP contribution in [0.2, 0.25) is 0 Å². The standard InChI is InChI=1S/C19H29N.C2H6/c1-13-7-6-8-17(11-13)19-9-10-20(5)18(16(19)4)15(3)14(2)12-19;1-2/h6-8,11,14-16,18H,9-10,12H2,1-5H3;1-2H3/t14?,15?,16?,18-,19-;/m1./s1. The third kappa shape index (κ3) is 2.73. The molecule has 124 valence electrons. The zero-order valence-corrected chi connectivity index (χ0v) is 15.7. The topological polar surface area (TPSA) is 3.24 Å². The predicted octanol–water partition coefficient (Wildman–Crippen LogP) is 5.28. The van der Waals surface area contributed by atoms with Gasteiger partial charge in [-0.15, -0.1) is 0 Å². The molecule has 2 fully saturated rings. The molecule has 1 saturated heterocycles. The molecule has 0 radical (unpaired) electrons. The van der Waals surface area contributed by atoms with Crippen molar-refractivity contribution in [1.29, 1.82) is 0 Å². The second-order valence-electron chi connectivity index (χ2n) is 7.58. The first-order valence-electron chi connectivity index (χ1n) is 9.23. The lowest BCUT2D eigenvalue weighted by atomic mass is 9.52. The van der Waals surface area contributed by atoms with Crippen LogP contribution in [0.4, 0.5) is 0 Å². The molecule has 1 aromatic rings. The van der Waals surface area contributed by atoms with Gasteiger partial charge in [-0.3, -0.25) is 0 Å². The Balaban J connectivity index is 0.000000847. The highest BCUT2D eigenvalue weighted by atomic mass is 15.2. The molecule has 3 unspecified atom stereocenters. The maximum Gasteiger partial charge on any atom is 0.0154 e. The average molecular weight is 302 g/mol. The third-order valence-electron chi connectivity index (χ3n) is 6.52. The highest BCUT2D eigenvalue weighted by molar-refractivity contribution is 5.33. The van der Waals surface area contributed by atoms with Crippen LogP contribution in [-0.4, -0.2) is 24.5 Å². The Morgan fingerprint density at radius 1 is 1.14 bits per heavy atom. The smallest absolute Gasteiger partial charge is 0.0154 e. The van der Waals surface area contributed by atoms with E-state index in [1.807, 2.05) is 13.8 Å². The molecule has 5 atom stereocenters. The zero-order chi connectivity index (χ0) is 16.5. The SMILES string of the molecule is CC.Cc1cccc([C@]23CCN(C)[C@H](C(C)C(C)C2)C3C)c1. The molecule has 1 aliphatic carbocycles. The van der Waals surface area contributed by atoms with E-state index in [9.17, 15) is 0 Å². The second kappa shape index (κ2) is 6.74. The molecule has 1 saturated carbocycles. The van der Waals surface area contributed by atoms with Gasteiger partial charge in [-0.2, -0.15) is 0 Å². The molecule has 1 aromatic carbocycles. The van der Waals surface area contributed by atoms with E-state index in [1.54, 1.807) is 5.56 Å². The van der Waals surface area contributed by atoms with E-state index >= 15 is 0 Å². The van der Waals surface area contributed by atoms with Crippen LogP contribution in [0.15, 0.2) is 24.3 Å². The number of benzene rings is 1. The normalized spacial score (nSPS) is 38.1. The molecule has 2 bridgehead atoms. The van der Waals surface area contributed by atoms with Crippen molar-refractivity contribution in [1.82, 2.24) is 4.90 Å². The number of hydrogen-bond donors (Lipinski definition) is 0. The van der Waals surface area contributed by atoms with E-state index in [-0.39, 0.29) is 0 Å². The van der Waals surface area contributed by atoms with E-state index in [1.165, 1.54) is 24.9 Å². The Kier molecular flexibility index (Phi) is 5.37. The van der Waals surface area contributed by atoms with Crippen LogP contribution in [0.3, 0.4) is 0 Å². The summed E-state index contributed by atoms with van der Waals surface area (Å²) in [6.07, 6.45) is 2.69. The van der Waals surface area contributed by atoms with Gasteiger partial charge in [0.1, 0.15) is 0 Å². The quantitative estimate of drug-likeness (QED) is 0.682. The molecule has 0 N–H and O–H groups in total. The Morgan fingerprint density at radius 2 is 1.82 bits per heavy atom. The molecule has 1 nitrogen and oxygen atoms in total. The monoisotopic (exact) mass is 301 g/mol. The maximum absolute atomic E-state index is 2.62. The van der Waals surface area contributed by atoms with Crippen LogP contribution in [0.5, 0.6) is 0 Å². The van der Waals surface area contributed by atoms with Crippen molar-refractivity contribution in [2.45, 2.75) is 65.8 Å². The fourth-order valence-electron chi connectivity index (χ4n) is 5.18. The summed E-state index contributed by atoms with van der Waals surface area (Å²) in [4.78, 5) is 2.62. The van der Waals surface area contributed by atoms with Crippen molar-refractivity contribution in [3.05, 3.63) is 35.4 Å². The van der Waals surface area contributed by atoms with Crippen LogP contribution >= 0.6 is 0 Å². The highest BCUT2D eigenvalue weighted by Gasteiger charge is 2.53. The van der Waals surface area contributed by atoms with Crippen molar-refractivity contribution in [3.63, 3.8) is 0 Å². The largest absolute Gasteiger partial charge is 0.303 e. The summed E-state index contributed by atoms with van der Waals surface area (Å²) in [6.45, 7) is 14.9. The van der Waals surface area contributed by atoms with Crippen LogP contribution in [-0.2, 0) is 5.41 Å². The molecular formula is C21H35N. The van der Waals surface area contributed by atoms with Gasteiger partial charge in [0.05, 0.1) is 0 Å². The number of hydrogen-bond acceptors (Lipinski definition) is 1. The maximum atomic E-state index is 2.62. The van der Waals surface area contributed by atoms with Crippen molar-refractivity contribution in [2.75, 3.05) is 13.6 Å². The summed E-state index contributed by atoms with van der Waals surface area (Å²) in [7, 11) is 2.33. The lowest BCUT2D eigenvalue weighted by Crippen LogP contribution is -2.61. The summed E-state index contributed by atoms with van der Waals surface area (Å²) < 4.78 is 0. The second-order valence-corrected chi connectivity index (χ2v) is 7.58. The van der Waals surface area contributed by atoms with Gasteiger partial charge in [0.25, 0.3) is 0 Å². The van der Waals surface area contributed by atoms with Gasteiger partial charge in [-0.1, -0.05) is 64.4 Å². The average Bonchev–Trinajstić information content (AvgIpc) is 2.51. The highest BCUT2D eigenvalue weighted by Crippen LogP contribution is 2.54. The summed E-state index contributed by atoms with van der Waals surface area (Å²) in [5.41, 5.74) is 3.42.